The van der Waals surface area contributed by atoms with Gasteiger partial charge in [0.1, 0.15) is 5.82 Å². The van der Waals surface area contributed by atoms with Gasteiger partial charge in [-0.3, -0.25) is 0 Å². The molecule has 2 heteroatoms. The number of hydrogen-bond donors (Lipinski definition) is 0. The molecule has 0 aliphatic rings. The van der Waals surface area contributed by atoms with E-state index in [0.717, 1.165) is 25.8 Å². The van der Waals surface area contributed by atoms with Crippen molar-refractivity contribution in [2.45, 2.75) is 239 Å². The summed E-state index contributed by atoms with van der Waals surface area (Å²) in [6.07, 6.45) is 49.9. The molecule has 0 radical (unpaired) electrons. The van der Waals surface area contributed by atoms with Crippen molar-refractivity contribution in [3.63, 3.8) is 0 Å². The highest BCUT2D eigenvalue weighted by Crippen LogP contribution is 2.18. The van der Waals surface area contributed by atoms with Crippen LogP contribution < -0.4 is 0 Å². The number of aromatic nitrogens is 2. The predicted octanol–water partition coefficient (Wildman–Crippen LogP) is 15.3. The maximum absolute atomic E-state index is 5.20. The third-order valence-electron chi connectivity index (χ3n) is 10.7. The third kappa shape index (κ3) is 24.5. The lowest BCUT2D eigenvalue weighted by molar-refractivity contribution is 0.514. The van der Waals surface area contributed by atoms with E-state index in [-0.39, 0.29) is 0 Å². The second-order valence-corrected chi connectivity index (χ2v) is 15.3. The van der Waals surface area contributed by atoms with Crippen LogP contribution in [0, 0.1) is 0 Å². The van der Waals surface area contributed by atoms with Gasteiger partial charge in [-0.2, -0.15) is 0 Å². The van der Waals surface area contributed by atoms with Gasteiger partial charge < -0.3 is 4.57 Å². The standard InChI is InChI=1S/C46H82N2/c1-3-5-7-9-11-13-15-17-19-20-21-23-25-27-29-34-41-46-47-45(40-36-39-44-37-32-31-33-38-44)43-48(46)42-35-30-28-26-24-22-18-16-14-12-10-8-6-4-2/h31-33,37-38,43H,3-30,34-36,39-42H2,1-2H3. The Kier molecular flexibility index (Phi) is 29.0. The Morgan fingerprint density at radius 2 is 0.792 bits per heavy atom. The molecule has 0 amide bonds. The molecule has 0 saturated carbocycles. The van der Waals surface area contributed by atoms with E-state index < -0.39 is 0 Å². The summed E-state index contributed by atoms with van der Waals surface area (Å²) in [4.78, 5) is 5.20. The van der Waals surface area contributed by atoms with E-state index in [4.69, 9.17) is 4.98 Å². The zero-order valence-corrected chi connectivity index (χ0v) is 32.6. The highest BCUT2D eigenvalue weighted by Gasteiger charge is 2.09. The van der Waals surface area contributed by atoms with Gasteiger partial charge in [-0.05, 0) is 37.7 Å². The fourth-order valence-electron chi connectivity index (χ4n) is 7.45. The number of unbranched alkanes of at least 4 members (excludes halogenated alkanes) is 28. The Bertz CT molecular complexity index is 915. The molecule has 1 aromatic carbocycles. The van der Waals surface area contributed by atoms with E-state index in [1.165, 1.54) is 216 Å². The van der Waals surface area contributed by atoms with Crippen molar-refractivity contribution < 1.29 is 0 Å². The largest absolute Gasteiger partial charge is 0.335 e. The summed E-state index contributed by atoms with van der Waals surface area (Å²) < 4.78 is 2.55. The minimum absolute atomic E-state index is 1.10. The summed E-state index contributed by atoms with van der Waals surface area (Å²) in [5, 5.41) is 0. The zero-order valence-electron chi connectivity index (χ0n) is 32.6. The number of imidazole rings is 1. The van der Waals surface area contributed by atoms with E-state index in [0.29, 0.717) is 0 Å². The normalized spacial score (nSPS) is 11.5. The van der Waals surface area contributed by atoms with Gasteiger partial charge >= 0.3 is 0 Å². The van der Waals surface area contributed by atoms with Gasteiger partial charge in [0.25, 0.3) is 0 Å². The molecule has 48 heavy (non-hydrogen) atoms. The fraction of sp³-hybridized carbons (Fsp3) is 0.804. The summed E-state index contributed by atoms with van der Waals surface area (Å²) >= 11 is 0. The van der Waals surface area contributed by atoms with Gasteiger partial charge in [0.15, 0.2) is 0 Å². The monoisotopic (exact) mass is 663 g/mol. The van der Waals surface area contributed by atoms with Crippen LogP contribution in [-0.2, 0) is 25.8 Å². The van der Waals surface area contributed by atoms with Crippen LogP contribution in [0.1, 0.15) is 230 Å². The van der Waals surface area contributed by atoms with Crippen LogP contribution in [0.15, 0.2) is 36.5 Å². The van der Waals surface area contributed by atoms with Crippen molar-refractivity contribution >= 4 is 0 Å². The van der Waals surface area contributed by atoms with Crippen LogP contribution in [-0.4, -0.2) is 9.55 Å². The molecule has 0 unspecified atom stereocenters. The maximum atomic E-state index is 5.20. The van der Waals surface area contributed by atoms with E-state index in [2.05, 4.69) is 54.9 Å². The van der Waals surface area contributed by atoms with Crippen molar-refractivity contribution in [1.29, 1.82) is 0 Å². The van der Waals surface area contributed by atoms with Crippen molar-refractivity contribution in [1.82, 2.24) is 9.55 Å². The van der Waals surface area contributed by atoms with E-state index in [9.17, 15) is 0 Å². The second kappa shape index (κ2) is 32.6. The molecular weight excluding hydrogens is 581 g/mol. The molecule has 2 rings (SSSR count). The van der Waals surface area contributed by atoms with Crippen LogP contribution in [0.5, 0.6) is 0 Å². The molecule has 2 aromatic rings. The molecule has 0 aliphatic carbocycles. The maximum Gasteiger partial charge on any atom is 0.108 e. The van der Waals surface area contributed by atoms with Crippen molar-refractivity contribution in [3.8, 4) is 0 Å². The number of rotatable bonds is 36. The average molecular weight is 663 g/mol. The van der Waals surface area contributed by atoms with Gasteiger partial charge in [0, 0.05) is 19.2 Å². The molecule has 0 aliphatic heterocycles. The molecular formula is C46H82N2. The topological polar surface area (TPSA) is 17.8 Å². The van der Waals surface area contributed by atoms with Crippen LogP contribution in [0.3, 0.4) is 0 Å². The van der Waals surface area contributed by atoms with E-state index in [1.54, 1.807) is 0 Å². The first-order valence-electron chi connectivity index (χ1n) is 21.9. The zero-order chi connectivity index (χ0) is 34.0. The van der Waals surface area contributed by atoms with Crippen molar-refractivity contribution in [2.24, 2.45) is 0 Å². The molecule has 1 aromatic heterocycles. The Morgan fingerprint density at radius 1 is 0.396 bits per heavy atom. The smallest absolute Gasteiger partial charge is 0.108 e. The van der Waals surface area contributed by atoms with Crippen LogP contribution in [0.25, 0.3) is 0 Å². The van der Waals surface area contributed by atoms with Crippen LogP contribution >= 0.6 is 0 Å². The third-order valence-corrected chi connectivity index (χ3v) is 10.7. The summed E-state index contributed by atoms with van der Waals surface area (Å²) in [5.41, 5.74) is 2.77. The number of benzene rings is 1. The predicted molar refractivity (Wildman–Crippen MR) is 214 cm³/mol. The average Bonchev–Trinajstić information content (AvgIpc) is 3.49. The van der Waals surface area contributed by atoms with Crippen molar-refractivity contribution in [3.05, 3.63) is 53.6 Å². The van der Waals surface area contributed by atoms with Gasteiger partial charge in [-0.15, -0.1) is 0 Å². The van der Waals surface area contributed by atoms with Crippen LogP contribution in [0.4, 0.5) is 0 Å². The number of hydrogen-bond acceptors (Lipinski definition) is 1. The molecule has 1 heterocycles. The SMILES string of the molecule is CCCCCCCCCCCCCCCCCCc1nc(CCCc2ccccc2)cn1CCCCCCCCCCCCCCCC. The Labute approximate surface area is 301 Å². The lowest BCUT2D eigenvalue weighted by Crippen LogP contribution is -2.03. The fourth-order valence-corrected chi connectivity index (χ4v) is 7.45. The van der Waals surface area contributed by atoms with Crippen molar-refractivity contribution in [2.75, 3.05) is 0 Å². The Balaban J connectivity index is 1.56. The first kappa shape index (κ1) is 42.6. The minimum atomic E-state index is 1.10. The molecule has 276 valence electrons. The lowest BCUT2D eigenvalue weighted by atomic mass is 10.0. The molecule has 0 N–H and O–H groups in total. The molecule has 0 saturated heterocycles. The van der Waals surface area contributed by atoms with E-state index in [1.807, 2.05) is 0 Å². The number of nitrogens with zero attached hydrogens (tertiary/aromatic N) is 2. The minimum Gasteiger partial charge on any atom is -0.335 e. The molecule has 0 atom stereocenters. The van der Waals surface area contributed by atoms with Gasteiger partial charge in [-0.1, -0.05) is 224 Å². The first-order valence-corrected chi connectivity index (χ1v) is 21.9. The highest BCUT2D eigenvalue weighted by molar-refractivity contribution is 5.15. The second-order valence-electron chi connectivity index (χ2n) is 15.3. The summed E-state index contributed by atoms with van der Waals surface area (Å²) in [5.74, 6) is 1.37. The molecule has 2 nitrogen and oxygen atoms in total. The molecule has 0 bridgehead atoms. The van der Waals surface area contributed by atoms with E-state index >= 15 is 0 Å². The summed E-state index contributed by atoms with van der Waals surface area (Å²) in [6, 6.07) is 11.0. The first-order chi connectivity index (χ1) is 23.8. The van der Waals surface area contributed by atoms with Gasteiger partial charge in [0.2, 0.25) is 0 Å². The number of aryl methyl sites for hydroxylation is 4. The lowest BCUT2D eigenvalue weighted by Gasteiger charge is -2.08. The summed E-state index contributed by atoms with van der Waals surface area (Å²) in [6.45, 7) is 5.78. The highest BCUT2D eigenvalue weighted by atomic mass is 15.1. The Hall–Kier alpha value is -1.57. The molecule has 0 spiro atoms. The quantitative estimate of drug-likeness (QED) is 0.0664. The van der Waals surface area contributed by atoms with Gasteiger partial charge in [-0.25, -0.2) is 4.98 Å². The van der Waals surface area contributed by atoms with Crippen LogP contribution in [0.2, 0.25) is 0 Å². The summed E-state index contributed by atoms with van der Waals surface area (Å²) in [7, 11) is 0. The van der Waals surface area contributed by atoms with Gasteiger partial charge in [0.05, 0.1) is 5.69 Å². The Morgan fingerprint density at radius 3 is 1.23 bits per heavy atom. The molecule has 0 fully saturated rings.